The Kier molecular flexibility index (Phi) is 13.6. The van der Waals surface area contributed by atoms with Crippen molar-refractivity contribution in [2.24, 2.45) is 0 Å². The minimum atomic E-state index is -1.33. The van der Waals surface area contributed by atoms with Crippen LogP contribution in [0, 0.1) is 0 Å². The van der Waals surface area contributed by atoms with Gasteiger partial charge >= 0.3 is 6.09 Å². The van der Waals surface area contributed by atoms with E-state index in [1.807, 2.05) is 37.3 Å². The molecule has 0 radical (unpaired) electrons. The number of hydroxylamine groups is 1. The molecular formula is C32H42N4O9. The van der Waals surface area contributed by atoms with E-state index in [0.717, 1.165) is 11.1 Å². The van der Waals surface area contributed by atoms with Crippen LogP contribution in [-0.4, -0.2) is 97.7 Å². The van der Waals surface area contributed by atoms with E-state index >= 15 is 0 Å². The maximum Gasteiger partial charge on any atom is 0.408 e. The van der Waals surface area contributed by atoms with Crippen molar-refractivity contribution in [1.82, 2.24) is 20.7 Å². The summed E-state index contributed by atoms with van der Waals surface area (Å²) in [4.78, 5) is 49.8. The van der Waals surface area contributed by atoms with Crippen molar-refractivity contribution in [1.29, 1.82) is 0 Å². The number of amides is 2. The zero-order chi connectivity index (χ0) is 32.8. The number of rotatable bonds is 11. The fraction of sp³-hybridized carbons (Fsp3) is 0.438. The van der Waals surface area contributed by atoms with Gasteiger partial charge in [0.05, 0.1) is 12.7 Å². The minimum Gasteiger partial charge on any atom is -0.504 e. The van der Waals surface area contributed by atoms with Crippen LogP contribution < -0.4 is 10.8 Å². The van der Waals surface area contributed by atoms with Crippen molar-refractivity contribution in [2.75, 3.05) is 19.7 Å². The summed E-state index contributed by atoms with van der Waals surface area (Å²) in [5, 5.41) is 39.5. The molecule has 0 spiro atoms. The lowest BCUT2D eigenvalue weighted by Gasteiger charge is -2.42. The van der Waals surface area contributed by atoms with Crippen LogP contribution in [0.2, 0.25) is 0 Å². The molecule has 1 aromatic carbocycles. The molecule has 13 heteroatoms. The first-order valence-electron chi connectivity index (χ1n) is 14.8. The fourth-order valence-electron chi connectivity index (χ4n) is 4.96. The summed E-state index contributed by atoms with van der Waals surface area (Å²) in [7, 11) is 0. The monoisotopic (exact) mass is 626 g/mol. The summed E-state index contributed by atoms with van der Waals surface area (Å²) >= 11 is 0. The molecule has 1 aromatic heterocycles. The van der Waals surface area contributed by atoms with Crippen LogP contribution in [-0.2, 0) is 32.2 Å². The van der Waals surface area contributed by atoms with Gasteiger partial charge in [0, 0.05) is 31.9 Å². The van der Waals surface area contributed by atoms with Crippen molar-refractivity contribution in [3.63, 3.8) is 0 Å². The Hall–Kier alpha value is -4.14. The molecular weight excluding hydrogens is 584 g/mol. The Bertz CT molecular complexity index is 1310. The Morgan fingerprint density at radius 3 is 2.49 bits per heavy atom. The maximum absolute atomic E-state index is 13.9. The minimum absolute atomic E-state index is 0.0259. The lowest BCUT2D eigenvalue weighted by molar-refractivity contribution is -0.180. The van der Waals surface area contributed by atoms with E-state index in [1.54, 1.807) is 43.6 Å². The summed E-state index contributed by atoms with van der Waals surface area (Å²) in [6.07, 6.45) is 5.51. The number of aliphatic hydroxyl groups excluding tert-OH is 4. The van der Waals surface area contributed by atoms with Crippen LogP contribution in [0.15, 0.2) is 78.8 Å². The number of carbonyl (C=O) groups is 3. The van der Waals surface area contributed by atoms with Crippen molar-refractivity contribution in [3.05, 3.63) is 90.0 Å². The SMILES string of the molecule is CCCN(C(=O)C(Cc1ccccc1)NC(=O)OCc1ccncc1)C1(CC)C=CC=C(O)C1=O.OC[C@H]1ONC[C@@H](O)[C@@H]1O. The van der Waals surface area contributed by atoms with Gasteiger partial charge in [-0.3, -0.25) is 19.4 Å². The third-order valence-corrected chi connectivity index (χ3v) is 7.46. The average molecular weight is 627 g/mol. The molecule has 0 saturated carbocycles. The standard InChI is InChI=1S/C27H31N3O5.C5H11NO4/c1-3-17-30(27(4-2)14-8-11-23(31)24(27)32)25(33)22(18-20-9-6-5-7-10-20)29-26(34)35-19-21-12-15-28-16-13-21;7-2-4-5(9)3(8)1-6-10-4/h5-16,22,31H,3-4,17-19H2,1-2H3,(H,29,34);3-9H,1-2H2/t;3-,4-,5+/m.1/s1. The zero-order valence-electron chi connectivity index (χ0n) is 25.4. The Morgan fingerprint density at radius 1 is 1.16 bits per heavy atom. The number of benzene rings is 1. The summed E-state index contributed by atoms with van der Waals surface area (Å²) < 4.78 is 5.34. The van der Waals surface area contributed by atoms with Crippen LogP contribution >= 0.6 is 0 Å². The topological polar surface area (TPSA) is 191 Å². The number of pyridine rings is 1. The largest absolute Gasteiger partial charge is 0.504 e. The molecule has 2 amide bonds. The molecule has 0 bridgehead atoms. The molecule has 2 aromatic rings. The molecule has 1 aliphatic carbocycles. The lowest BCUT2D eigenvalue weighted by Crippen LogP contribution is -2.61. The van der Waals surface area contributed by atoms with Crippen LogP contribution in [0.4, 0.5) is 4.79 Å². The number of β-amino-alcohol motifs (C(OH)–C–C–N with tert-alkyl or cyclic N) is 1. The van der Waals surface area contributed by atoms with Crippen molar-refractivity contribution in [2.45, 2.75) is 69.6 Å². The van der Waals surface area contributed by atoms with Gasteiger partial charge in [-0.25, -0.2) is 4.79 Å². The number of allylic oxidation sites excluding steroid dienone is 2. The third kappa shape index (κ3) is 9.42. The highest BCUT2D eigenvalue weighted by Gasteiger charge is 2.46. The molecule has 6 N–H and O–H groups in total. The van der Waals surface area contributed by atoms with Crippen LogP contribution in [0.1, 0.15) is 37.8 Å². The van der Waals surface area contributed by atoms with Crippen LogP contribution in [0.5, 0.6) is 0 Å². The number of ketones is 1. The summed E-state index contributed by atoms with van der Waals surface area (Å²) in [6, 6.07) is 11.8. The number of ether oxygens (including phenoxy) is 1. The first kappa shape index (κ1) is 35.3. The van der Waals surface area contributed by atoms with E-state index in [-0.39, 0.29) is 39.1 Å². The van der Waals surface area contributed by atoms with Gasteiger partial charge in [0.25, 0.3) is 0 Å². The average Bonchev–Trinajstić information content (AvgIpc) is 3.06. The molecule has 5 atom stereocenters. The van der Waals surface area contributed by atoms with E-state index in [1.165, 1.54) is 11.0 Å². The molecule has 13 nitrogen and oxygen atoms in total. The van der Waals surface area contributed by atoms with Crippen molar-refractivity contribution >= 4 is 17.8 Å². The molecule has 45 heavy (non-hydrogen) atoms. The third-order valence-electron chi connectivity index (χ3n) is 7.46. The second-order valence-electron chi connectivity index (χ2n) is 10.6. The highest BCUT2D eigenvalue weighted by molar-refractivity contribution is 6.06. The second kappa shape index (κ2) is 17.4. The predicted octanol–water partition coefficient (Wildman–Crippen LogP) is 1.49. The smallest absolute Gasteiger partial charge is 0.408 e. The first-order valence-corrected chi connectivity index (χ1v) is 14.8. The lowest BCUT2D eigenvalue weighted by atomic mass is 9.83. The van der Waals surface area contributed by atoms with Gasteiger partial charge in [0.15, 0.2) is 5.76 Å². The van der Waals surface area contributed by atoms with E-state index in [0.29, 0.717) is 6.42 Å². The highest BCUT2D eigenvalue weighted by Crippen LogP contribution is 2.30. The van der Waals surface area contributed by atoms with E-state index in [2.05, 4.69) is 15.8 Å². The van der Waals surface area contributed by atoms with Gasteiger partial charge in [-0.15, -0.1) is 0 Å². The van der Waals surface area contributed by atoms with Crippen molar-refractivity contribution < 1.29 is 44.4 Å². The number of Topliss-reactive ketones (excluding diaryl/α,β-unsaturated/α-hetero) is 1. The fourth-order valence-corrected chi connectivity index (χ4v) is 4.96. The summed E-state index contributed by atoms with van der Waals surface area (Å²) in [5.41, 5.74) is 2.67. The van der Waals surface area contributed by atoms with Gasteiger partial charge in [-0.1, -0.05) is 56.3 Å². The number of hydrogen-bond donors (Lipinski definition) is 6. The number of carbonyl (C=O) groups excluding carboxylic acids is 3. The number of hydrogen-bond acceptors (Lipinski definition) is 11. The molecule has 2 unspecified atom stereocenters. The van der Waals surface area contributed by atoms with Gasteiger partial charge < -0.3 is 35.4 Å². The zero-order valence-corrected chi connectivity index (χ0v) is 25.4. The van der Waals surface area contributed by atoms with Gasteiger partial charge in [0.2, 0.25) is 11.7 Å². The van der Waals surface area contributed by atoms with Gasteiger partial charge in [0.1, 0.15) is 30.4 Å². The number of aliphatic hydroxyl groups is 4. The van der Waals surface area contributed by atoms with E-state index < -0.39 is 53.4 Å². The maximum atomic E-state index is 13.9. The molecule has 4 rings (SSSR count). The van der Waals surface area contributed by atoms with Gasteiger partial charge in [-0.05, 0) is 42.2 Å². The Morgan fingerprint density at radius 2 is 1.87 bits per heavy atom. The Balaban J connectivity index is 0.000000468. The predicted molar refractivity (Wildman–Crippen MR) is 163 cm³/mol. The highest BCUT2D eigenvalue weighted by atomic mass is 16.7. The quantitative estimate of drug-likeness (QED) is 0.212. The first-order chi connectivity index (χ1) is 21.7. The Labute approximate surface area is 262 Å². The van der Waals surface area contributed by atoms with Crippen LogP contribution in [0.3, 0.4) is 0 Å². The van der Waals surface area contributed by atoms with E-state index in [9.17, 15) is 19.5 Å². The summed E-state index contributed by atoms with van der Waals surface area (Å²) in [5.74, 6) is -1.36. The molecule has 1 aliphatic heterocycles. The van der Waals surface area contributed by atoms with E-state index in [4.69, 9.17) is 24.9 Å². The number of nitrogens with zero attached hydrogens (tertiary/aromatic N) is 2. The number of alkyl carbamates (subject to hydrolysis) is 1. The number of nitrogens with one attached hydrogen (secondary N) is 2. The van der Waals surface area contributed by atoms with Crippen molar-refractivity contribution in [3.8, 4) is 0 Å². The molecule has 1 fully saturated rings. The molecule has 2 aliphatic rings. The second-order valence-corrected chi connectivity index (χ2v) is 10.6. The number of aromatic nitrogens is 1. The summed E-state index contributed by atoms with van der Waals surface area (Å²) in [6.45, 7) is 3.88. The van der Waals surface area contributed by atoms with Gasteiger partial charge in [-0.2, -0.15) is 5.48 Å². The normalized spacial score (nSPS) is 23.2. The molecule has 1 saturated heterocycles. The van der Waals surface area contributed by atoms with Crippen LogP contribution in [0.25, 0.3) is 0 Å². The molecule has 2 heterocycles. The molecule has 244 valence electrons.